The van der Waals surface area contributed by atoms with Crippen LogP contribution in [0.25, 0.3) is 0 Å². The molecule has 0 aromatic rings. The van der Waals surface area contributed by atoms with E-state index in [1.54, 1.807) is 13.8 Å². The molecule has 0 heterocycles. The first-order chi connectivity index (χ1) is 6.33. The Labute approximate surface area is 83.3 Å². The van der Waals surface area contributed by atoms with Crippen molar-refractivity contribution in [1.29, 1.82) is 0 Å². The summed E-state index contributed by atoms with van der Waals surface area (Å²) in [4.78, 5) is 32.7. The van der Waals surface area contributed by atoms with Crippen LogP contribution in [-0.2, 0) is 14.4 Å². The first-order valence-electron chi connectivity index (χ1n) is 4.53. The van der Waals surface area contributed by atoms with E-state index in [-0.39, 0.29) is 24.5 Å². The highest BCUT2D eigenvalue weighted by molar-refractivity contribution is 5.95. The number of carbonyl (C=O) groups excluding carboxylic acids is 3. The van der Waals surface area contributed by atoms with Crippen LogP contribution in [0.5, 0.6) is 0 Å². The summed E-state index contributed by atoms with van der Waals surface area (Å²) in [6.07, 6.45) is -0.143. The average Bonchev–Trinajstić information content (AvgIpc) is 2.01. The third-order valence-electron chi connectivity index (χ3n) is 1.95. The van der Waals surface area contributed by atoms with E-state index in [0.717, 1.165) is 0 Å². The smallest absolute Gasteiger partial charge is 0.167 e. The van der Waals surface area contributed by atoms with Gasteiger partial charge >= 0.3 is 0 Å². The first kappa shape index (κ1) is 13.0. The quantitative estimate of drug-likeness (QED) is 0.634. The number of hydrogen-bond acceptors (Lipinski definition) is 4. The van der Waals surface area contributed by atoms with Gasteiger partial charge in [0, 0.05) is 18.8 Å². The lowest BCUT2D eigenvalue weighted by Gasteiger charge is -2.25. The third-order valence-corrected chi connectivity index (χ3v) is 1.95. The van der Waals surface area contributed by atoms with Gasteiger partial charge in [0.1, 0.15) is 17.7 Å². The van der Waals surface area contributed by atoms with Crippen LogP contribution < -0.4 is 0 Å². The second-order valence-corrected chi connectivity index (χ2v) is 3.80. The number of rotatable bonds is 6. The van der Waals surface area contributed by atoms with Crippen molar-refractivity contribution in [3.05, 3.63) is 0 Å². The van der Waals surface area contributed by atoms with E-state index >= 15 is 0 Å². The molecule has 0 aromatic heterocycles. The van der Waals surface area contributed by atoms with Crippen LogP contribution >= 0.6 is 0 Å². The predicted octanol–water partition coefficient (Wildman–Crippen LogP) is 0.511. The number of aliphatic hydroxyl groups is 1. The molecule has 0 amide bonds. The summed E-state index contributed by atoms with van der Waals surface area (Å²) in [5, 5.41) is 9.82. The molecule has 0 unspecified atom stereocenters. The van der Waals surface area contributed by atoms with Crippen LogP contribution in [0.4, 0.5) is 0 Å². The molecule has 0 saturated carbocycles. The summed E-state index contributed by atoms with van der Waals surface area (Å²) < 4.78 is 0. The molecule has 1 atom stereocenters. The number of carbonyl (C=O) groups is 3. The van der Waals surface area contributed by atoms with E-state index in [4.69, 9.17) is 0 Å². The van der Waals surface area contributed by atoms with Gasteiger partial charge in [-0.25, -0.2) is 0 Å². The van der Waals surface area contributed by atoms with E-state index in [1.807, 2.05) is 0 Å². The molecule has 4 heteroatoms. The number of ketones is 2. The second kappa shape index (κ2) is 5.00. The van der Waals surface area contributed by atoms with E-state index < -0.39 is 11.4 Å². The summed E-state index contributed by atoms with van der Waals surface area (Å²) in [6.45, 7) is 4.53. The topological polar surface area (TPSA) is 71.4 Å². The Morgan fingerprint density at radius 1 is 1.43 bits per heavy atom. The van der Waals surface area contributed by atoms with Crippen molar-refractivity contribution < 1.29 is 19.5 Å². The van der Waals surface area contributed by atoms with Gasteiger partial charge < -0.3 is 9.90 Å². The molecule has 0 rings (SSSR count). The summed E-state index contributed by atoms with van der Waals surface area (Å²) >= 11 is 0. The zero-order chi connectivity index (χ0) is 11.4. The minimum atomic E-state index is -1.80. The summed E-state index contributed by atoms with van der Waals surface area (Å²) in [5.74, 6) is -1.15. The van der Waals surface area contributed by atoms with Gasteiger partial charge in [0.25, 0.3) is 0 Å². The molecule has 0 fully saturated rings. The largest absolute Gasteiger partial charge is 0.381 e. The molecule has 0 aliphatic carbocycles. The maximum Gasteiger partial charge on any atom is 0.167 e. The summed E-state index contributed by atoms with van der Waals surface area (Å²) in [7, 11) is 0. The fraction of sp³-hybridized carbons (Fsp3) is 0.700. The lowest BCUT2D eigenvalue weighted by molar-refractivity contribution is -0.147. The summed E-state index contributed by atoms with van der Waals surface area (Å²) in [5.41, 5.74) is -1.80. The van der Waals surface area contributed by atoms with Crippen LogP contribution in [0.15, 0.2) is 0 Å². The van der Waals surface area contributed by atoms with Gasteiger partial charge in [-0.05, 0) is 6.92 Å². The fourth-order valence-electron chi connectivity index (χ4n) is 1.35. The molecule has 0 bridgehead atoms. The van der Waals surface area contributed by atoms with Gasteiger partial charge in [0.2, 0.25) is 0 Å². The molecule has 1 N–H and O–H groups in total. The number of aldehydes is 1. The van der Waals surface area contributed by atoms with Crippen molar-refractivity contribution in [1.82, 2.24) is 0 Å². The van der Waals surface area contributed by atoms with Crippen molar-refractivity contribution in [3.63, 3.8) is 0 Å². The molecular weight excluding hydrogens is 184 g/mol. The van der Waals surface area contributed by atoms with Gasteiger partial charge in [0.15, 0.2) is 5.78 Å². The Balaban J connectivity index is 4.78. The Kier molecular flexibility index (Phi) is 4.63. The van der Waals surface area contributed by atoms with Crippen molar-refractivity contribution in [2.45, 2.75) is 39.2 Å². The monoisotopic (exact) mass is 200 g/mol. The van der Waals surface area contributed by atoms with Crippen LogP contribution in [0.3, 0.4) is 0 Å². The van der Waals surface area contributed by atoms with Gasteiger partial charge in [-0.3, -0.25) is 9.59 Å². The van der Waals surface area contributed by atoms with Crippen LogP contribution in [-0.4, -0.2) is 28.6 Å². The van der Waals surface area contributed by atoms with E-state index in [0.29, 0.717) is 6.29 Å². The average molecular weight is 200 g/mol. The lowest BCUT2D eigenvalue weighted by atomic mass is 9.84. The van der Waals surface area contributed by atoms with Crippen molar-refractivity contribution >= 4 is 17.9 Å². The lowest BCUT2D eigenvalue weighted by Crippen LogP contribution is -2.43. The van der Waals surface area contributed by atoms with Crippen LogP contribution in [0.1, 0.15) is 33.6 Å². The van der Waals surface area contributed by atoms with Gasteiger partial charge in [0.05, 0.1) is 0 Å². The molecule has 14 heavy (non-hydrogen) atoms. The molecule has 0 aromatic carbocycles. The number of Topliss-reactive ketones (excluding diaryl/α,β-unsaturated/α-hetero) is 2. The highest BCUT2D eigenvalue weighted by atomic mass is 16.3. The molecule has 4 nitrogen and oxygen atoms in total. The normalized spacial score (nSPS) is 14.9. The molecule has 0 aliphatic heterocycles. The molecule has 80 valence electrons. The minimum Gasteiger partial charge on any atom is -0.381 e. The van der Waals surface area contributed by atoms with Crippen molar-refractivity contribution in [3.8, 4) is 0 Å². The minimum absolute atomic E-state index is 0.289. The molecule has 0 radical (unpaired) electrons. The standard InChI is InChI=1S/C10H16O4/c1-7(2)9(13)10(14,4-5-11)6-8(3)12/h5,7,14H,4,6H2,1-3H3/t10-/m0/s1. The Morgan fingerprint density at radius 2 is 1.93 bits per heavy atom. The number of hydrogen-bond donors (Lipinski definition) is 1. The fourth-order valence-corrected chi connectivity index (χ4v) is 1.35. The SMILES string of the molecule is CC(=O)C[C@@](O)(CC=O)C(=O)C(C)C. The zero-order valence-electron chi connectivity index (χ0n) is 8.74. The molecule has 0 saturated heterocycles. The second-order valence-electron chi connectivity index (χ2n) is 3.80. The predicted molar refractivity (Wildman–Crippen MR) is 50.8 cm³/mol. The Morgan fingerprint density at radius 3 is 2.21 bits per heavy atom. The van der Waals surface area contributed by atoms with Crippen molar-refractivity contribution in [2.75, 3.05) is 0 Å². The maximum atomic E-state index is 11.5. The molecule has 0 spiro atoms. The maximum absolute atomic E-state index is 11.5. The van der Waals surface area contributed by atoms with Gasteiger partial charge in [-0.2, -0.15) is 0 Å². The summed E-state index contributed by atoms with van der Waals surface area (Å²) in [6, 6.07) is 0. The van der Waals surface area contributed by atoms with E-state index in [1.165, 1.54) is 6.92 Å². The molecular formula is C10H16O4. The van der Waals surface area contributed by atoms with E-state index in [9.17, 15) is 19.5 Å². The highest BCUT2D eigenvalue weighted by Gasteiger charge is 2.37. The van der Waals surface area contributed by atoms with Crippen LogP contribution in [0.2, 0.25) is 0 Å². The first-order valence-corrected chi connectivity index (χ1v) is 4.53. The highest BCUT2D eigenvalue weighted by Crippen LogP contribution is 2.20. The third kappa shape index (κ3) is 3.38. The Hall–Kier alpha value is -1.03. The van der Waals surface area contributed by atoms with Gasteiger partial charge in [-0.15, -0.1) is 0 Å². The molecule has 0 aliphatic rings. The van der Waals surface area contributed by atoms with E-state index in [2.05, 4.69) is 0 Å². The zero-order valence-corrected chi connectivity index (χ0v) is 8.74. The van der Waals surface area contributed by atoms with Crippen LogP contribution in [0, 0.1) is 5.92 Å². The van der Waals surface area contributed by atoms with Gasteiger partial charge in [-0.1, -0.05) is 13.8 Å². The Bertz CT molecular complexity index is 245. The van der Waals surface area contributed by atoms with Crippen molar-refractivity contribution in [2.24, 2.45) is 5.92 Å².